The Morgan fingerprint density at radius 1 is 1.14 bits per heavy atom. The van der Waals surface area contributed by atoms with Crippen LogP contribution in [0.5, 0.6) is 5.75 Å². The summed E-state index contributed by atoms with van der Waals surface area (Å²) in [5.41, 5.74) is 1.02. The molecule has 112 valence electrons. The van der Waals surface area contributed by atoms with Crippen LogP contribution in [0.3, 0.4) is 0 Å². The van der Waals surface area contributed by atoms with Crippen LogP contribution < -0.4 is 4.74 Å². The monoisotopic (exact) mass is 289 g/mol. The Morgan fingerprint density at radius 3 is 2.48 bits per heavy atom. The Hall–Kier alpha value is -2.27. The van der Waals surface area contributed by atoms with Crippen molar-refractivity contribution in [3.05, 3.63) is 53.5 Å². The van der Waals surface area contributed by atoms with Crippen LogP contribution in [0.15, 0.2) is 40.8 Å². The predicted octanol–water partition coefficient (Wildman–Crippen LogP) is 2.71. The van der Waals surface area contributed by atoms with Crippen LogP contribution in [0.25, 0.3) is 0 Å². The Bertz CT molecular complexity index is 589. The molecule has 1 heterocycles. The highest BCUT2D eigenvalue weighted by molar-refractivity contribution is 5.91. The number of hydrogen-bond acceptors (Lipinski definition) is 4. The molecule has 0 fully saturated rings. The Morgan fingerprint density at radius 2 is 1.86 bits per heavy atom. The standard InChI is InChI=1S/C16H19NO4/c1-17(10-12-4-6-13(20-3)7-5-12)16(18)15-9-8-14(21-15)11-19-2/h4-9H,10-11H2,1-3H3. The fraction of sp³-hybridized carbons (Fsp3) is 0.312. The molecule has 1 aromatic heterocycles. The Kier molecular flexibility index (Phi) is 5.00. The molecule has 0 saturated carbocycles. The average molecular weight is 289 g/mol. The zero-order chi connectivity index (χ0) is 15.2. The van der Waals surface area contributed by atoms with Crippen LogP contribution in [0.4, 0.5) is 0 Å². The summed E-state index contributed by atoms with van der Waals surface area (Å²) in [6.07, 6.45) is 0. The minimum absolute atomic E-state index is 0.159. The third-order valence-electron chi connectivity index (χ3n) is 3.08. The molecular weight excluding hydrogens is 270 g/mol. The lowest BCUT2D eigenvalue weighted by molar-refractivity contribution is 0.0745. The van der Waals surface area contributed by atoms with E-state index < -0.39 is 0 Å². The van der Waals surface area contributed by atoms with E-state index in [0.717, 1.165) is 11.3 Å². The Balaban J connectivity index is 2.00. The molecule has 0 atom stereocenters. The molecule has 0 radical (unpaired) electrons. The zero-order valence-electron chi connectivity index (χ0n) is 12.5. The maximum atomic E-state index is 12.3. The van der Waals surface area contributed by atoms with Gasteiger partial charge in [-0.05, 0) is 29.8 Å². The first-order valence-corrected chi connectivity index (χ1v) is 6.60. The molecule has 1 amide bonds. The molecule has 2 aromatic rings. The molecule has 0 aliphatic rings. The second-order valence-electron chi connectivity index (χ2n) is 4.71. The minimum Gasteiger partial charge on any atom is -0.497 e. The molecule has 0 aliphatic carbocycles. The van der Waals surface area contributed by atoms with Crippen LogP contribution in [0.1, 0.15) is 21.9 Å². The van der Waals surface area contributed by atoms with Gasteiger partial charge in [0.05, 0.1) is 7.11 Å². The van der Waals surface area contributed by atoms with Gasteiger partial charge >= 0.3 is 0 Å². The number of ether oxygens (including phenoxy) is 2. The zero-order valence-corrected chi connectivity index (χ0v) is 12.5. The fourth-order valence-corrected chi connectivity index (χ4v) is 1.98. The average Bonchev–Trinajstić information content (AvgIpc) is 2.96. The van der Waals surface area contributed by atoms with E-state index in [1.165, 1.54) is 0 Å². The van der Waals surface area contributed by atoms with Gasteiger partial charge in [0.15, 0.2) is 5.76 Å². The lowest BCUT2D eigenvalue weighted by atomic mass is 10.2. The van der Waals surface area contributed by atoms with E-state index in [9.17, 15) is 4.79 Å². The van der Waals surface area contributed by atoms with Gasteiger partial charge in [-0.1, -0.05) is 12.1 Å². The van der Waals surface area contributed by atoms with E-state index in [2.05, 4.69) is 0 Å². The first-order valence-electron chi connectivity index (χ1n) is 6.60. The predicted molar refractivity (Wildman–Crippen MR) is 78.2 cm³/mol. The smallest absolute Gasteiger partial charge is 0.289 e. The van der Waals surface area contributed by atoms with Gasteiger partial charge < -0.3 is 18.8 Å². The third kappa shape index (κ3) is 3.86. The lowest BCUT2D eigenvalue weighted by Gasteiger charge is -2.16. The van der Waals surface area contributed by atoms with Gasteiger partial charge in [-0.2, -0.15) is 0 Å². The number of nitrogens with zero attached hydrogens (tertiary/aromatic N) is 1. The summed E-state index contributed by atoms with van der Waals surface area (Å²) >= 11 is 0. The summed E-state index contributed by atoms with van der Waals surface area (Å²) in [4.78, 5) is 13.9. The quantitative estimate of drug-likeness (QED) is 0.820. The molecule has 0 saturated heterocycles. The highest BCUT2D eigenvalue weighted by Gasteiger charge is 2.16. The van der Waals surface area contributed by atoms with Crippen molar-refractivity contribution >= 4 is 5.91 Å². The van der Waals surface area contributed by atoms with Crippen LogP contribution in [0.2, 0.25) is 0 Å². The Labute approximate surface area is 124 Å². The third-order valence-corrected chi connectivity index (χ3v) is 3.08. The number of methoxy groups -OCH3 is 2. The topological polar surface area (TPSA) is 51.9 Å². The summed E-state index contributed by atoms with van der Waals surface area (Å²) in [7, 11) is 4.95. The normalized spacial score (nSPS) is 10.4. The van der Waals surface area contributed by atoms with Gasteiger partial charge in [0.1, 0.15) is 18.1 Å². The molecule has 5 nitrogen and oxygen atoms in total. The van der Waals surface area contributed by atoms with Crippen LogP contribution in [0, 0.1) is 0 Å². The molecule has 0 spiro atoms. The van der Waals surface area contributed by atoms with Crippen molar-refractivity contribution in [1.29, 1.82) is 0 Å². The number of benzene rings is 1. The second-order valence-corrected chi connectivity index (χ2v) is 4.71. The molecule has 0 unspecified atom stereocenters. The van der Waals surface area contributed by atoms with Crippen molar-refractivity contribution in [2.24, 2.45) is 0 Å². The number of furan rings is 1. The summed E-state index contributed by atoms with van der Waals surface area (Å²) in [6.45, 7) is 0.860. The molecular formula is C16H19NO4. The molecule has 21 heavy (non-hydrogen) atoms. The van der Waals surface area contributed by atoms with Crippen molar-refractivity contribution in [3.8, 4) is 5.75 Å². The van der Waals surface area contributed by atoms with Crippen molar-refractivity contribution in [1.82, 2.24) is 4.90 Å². The number of rotatable bonds is 6. The summed E-state index contributed by atoms with van der Waals surface area (Å²) in [5.74, 6) is 1.59. The maximum Gasteiger partial charge on any atom is 0.289 e. The molecule has 0 aliphatic heterocycles. The van der Waals surface area contributed by atoms with E-state index >= 15 is 0 Å². The number of carbonyl (C=O) groups is 1. The molecule has 5 heteroatoms. The first kappa shape index (κ1) is 15.1. The van der Waals surface area contributed by atoms with Crippen molar-refractivity contribution in [2.45, 2.75) is 13.2 Å². The van der Waals surface area contributed by atoms with Gasteiger partial charge in [-0.3, -0.25) is 4.79 Å². The van der Waals surface area contributed by atoms with Gasteiger partial charge in [-0.15, -0.1) is 0 Å². The van der Waals surface area contributed by atoms with E-state index in [1.54, 1.807) is 38.3 Å². The summed E-state index contributed by atoms with van der Waals surface area (Å²) in [6, 6.07) is 11.0. The SMILES string of the molecule is COCc1ccc(C(=O)N(C)Cc2ccc(OC)cc2)o1. The number of hydrogen-bond donors (Lipinski definition) is 0. The van der Waals surface area contributed by atoms with E-state index in [0.29, 0.717) is 24.7 Å². The van der Waals surface area contributed by atoms with Crippen LogP contribution >= 0.6 is 0 Å². The van der Waals surface area contributed by atoms with Crippen molar-refractivity contribution in [3.63, 3.8) is 0 Å². The molecule has 0 bridgehead atoms. The van der Waals surface area contributed by atoms with Crippen molar-refractivity contribution < 1.29 is 18.7 Å². The summed E-state index contributed by atoms with van der Waals surface area (Å²) < 4.78 is 15.5. The van der Waals surface area contributed by atoms with Crippen LogP contribution in [-0.4, -0.2) is 32.1 Å². The minimum atomic E-state index is -0.159. The highest BCUT2D eigenvalue weighted by atomic mass is 16.5. The lowest BCUT2D eigenvalue weighted by Crippen LogP contribution is -2.25. The summed E-state index contributed by atoms with van der Waals surface area (Å²) in [5, 5.41) is 0. The van der Waals surface area contributed by atoms with E-state index in [1.807, 2.05) is 24.3 Å². The maximum absolute atomic E-state index is 12.3. The van der Waals surface area contributed by atoms with E-state index in [-0.39, 0.29) is 5.91 Å². The number of carbonyl (C=O) groups excluding carboxylic acids is 1. The molecule has 1 aromatic carbocycles. The van der Waals surface area contributed by atoms with Gasteiger partial charge in [-0.25, -0.2) is 0 Å². The molecule has 0 N–H and O–H groups in total. The van der Waals surface area contributed by atoms with Gasteiger partial charge in [0.2, 0.25) is 0 Å². The highest BCUT2D eigenvalue weighted by Crippen LogP contribution is 2.15. The van der Waals surface area contributed by atoms with Crippen LogP contribution in [-0.2, 0) is 17.9 Å². The fourth-order valence-electron chi connectivity index (χ4n) is 1.98. The van der Waals surface area contributed by atoms with E-state index in [4.69, 9.17) is 13.9 Å². The first-order chi connectivity index (χ1) is 10.1. The largest absolute Gasteiger partial charge is 0.497 e. The van der Waals surface area contributed by atoms with Gasteiger partial charge in [0, 0.05) is 20.7 Å². The number of amides is 1. The van der Waals surface area contributed by atoms with Gasteiger partial charge in [0.25, 0.3) is 5.91 Å². The second kappa shape index (κ2) is 6.95. The van der Waals surface area contributed by atoms with Crippen molar-refractivity contribution in [2.75, 3.05) is 21.3 Å². The molecule has 2 rings (SSSR count).